The van der Waals surface area contributed by atoms with Crippen molar-refractivity contribution in [1.29, 1.82) is 0 Å². The molecular weight excluding hydrogens is 270 g/mol. The Bertz CT molecular complexity index is 472. The van der Waals surface area contributed by atoms with Crippen LogP contribution in [0.15, 0.2) is 18.7 Å². The van der Waals surface area contributed by atoms with E-state index in [1.165, 1.54) is 4.90 Å². The average molecular weight is 293 g/mol. The van der Waals surface area contributed by atoms with Gasteiger partial charge < -0.3 is 19.7 Å². The zero-order chi connectivity index (χ0) is 15.2. The van der Waals surface area contributed by atoms with Crippen molar-refractivity contribution < 1.29 is 9.59 Å². The predicted octanol–water partition coefficient (Wildman–Crippen LogP) is 0.393. The summed E-state index contributed by atoms with van der Waals surface area (Å²) in [4.78, 5) is 30.9. The lowest BCUT2D eigenvalue weighted by Crippen LogP contribution is -2.47. The number of rotatable bonds is 4. The summed E-state index contributed by atoms with van der Waals surface area (Å²) in [5.74, 6) is 0.432. The second kappa shape index (κ2) is 7.10. The molecule has 0 unspecified atom stereocenters. The zero-order valence-corrected chi connectivity index (χ0v) is 12.7. The summed E-state index contributed by atoms with van der Waals surface area (Å²) < 4.78 is 2.05. The largest absolute Gasteiger partial charge is 0.341 e. The van der Waals surface area contributed by atoms with E-state index < -0.39 is 0 Å². The minimum atomic E-state index is -0.240. The highest BCUT2D eigenvalue weighted by Gasteiger charge is 2.24. The van der Waals surface area contributed by atoms with Crippen molar-refractivity contribution >= 4 is 11.9 Å². The Morgan fingerprint density at radius 1 is 1.43 bits per heavy atom. The Balaban J connectivity index is 1.80. The number of amides is 3. The second-order valence-electron chi connectivity index (χ2n) is 5.66. The van der Waals surface area contributed by atoms with Gasteiger partial charge in [-0.2, -0.15) is 0 Å². The molecule has 0 saturated carbocycles. The first-order valence-corrected chi connectivity index (χ1v) is 7.25. The number of aromatic nitrogens is 2. The molecule has 1 aliphatic heterocycles. The van der Waals surface area contributed by atoms with Gasteiger partial charge in [0.1, 0.15) is 0 Å². The fourth-order valence-electron chi connectivity index (χ4n) is 2.55. The number of piperidine rings is 1. The summed E-state index contributed by atoms with van der Waals surface area (Å²) >= 11 is 0. The van der Waals surface area contributed by atoms with Gasteiger partial charge in [-0.05, 0) is 18.8 Å². The van der Waals surface area contributed by atoms with Crippen molar-refractivity contribution in [2.24, 2.45) is 5.92 Å². The Kier molecular flexibility index (Phi) is 5.19. The standard InChI is InChI=1S/C14H23N5O2/c1-17(2)14(21)16-8-13(20)19-6-3-4-12(10-19)9-18-7-5-15-11-18/h5,7,11-12H,3-4,6,8-10H2,1-2H3,(H,16,21)/t12-/m0/s1. The maximum Gasteiger partial charge on any atom is 0.317 e. The molecule has 1 aliphatic rings. The van der Waals surface area contributed by atoms with Gasteiger partial charge >= 0.3 is 6.03 Å². The summed E-state index contributed by atoms with van der Waals surface area (Å²) in [5, 5.41) is 2.62. The number of nitrogens with zero attached hydrogens (tertiary/aromatic N) is 4. The summed E-state index contributed by atoms with van der Waals surface area (Å²) in [6.07, 6.45) is 7.64. The molecule has 0 aromatic carbocycles. The van der Waals surface area contributed by atoms with E-state index in [1.807, 2.05) is 15.7 Å². The number of urea groups is 1. The van der Waals surface area contributed by atoms with E-state index in [-0.39, 0.29) is 18.5 Å². The van der Waals surface area contributed by atoms with Crippen molar-refractivity contribution in [3.05, 3.63) is 18.7 Å². The fraction of sp³-hybridized carbons (Fsp3) is 0.643. The lowest BCUT2D eigenvalue weighted by atomic mass is 9.98. The molecule has 1 aromatic rings. The van der Waals surface area contributed by atoms with Gasteiger partial charge in [-0.25, -0.2) is 9.78 Å². The summed E-state index contributed by atoms with van der Waals surface area (Å²) in [5.41, 5.74) is 0. The van der Waals surface area contributed by atoms with E-state index in [4.69, 9.17) is 0 Å². The molecule has 21 heavy (non-hydrogen) atoms. The van der Waals surface area contributed by atoms with Crippen molar-refractivity contribution in [2.75, 3.05) is 33.7 Å². The van der Waals surface area contributed by atoms with Crippen LogP contribution in [-0.4, -0.2) is 65.0 Å². The molecule has 0 aliphatic carbocycles. The van der Waals surface area contributed by atoms with Crippen LogP contribution in [-0.2, 0) is 11.3 Å². The van der Waals surface area contributed by atoms with Gasteiger partial charge in [-0.3, -0.25) is 4.79 Å². The minimum Gasteiger partial charge on any atom is -0.341 e. The highest BCUT2D eigenvalue weighted by Crippen LogP contribution is 2.18. The third-order valence-electron chi connectivity index (χ3n) is 3.70. The normalized spacial score (nSPS) is 18.4. The van der Waals surface area contributed by atoms with E-state index in [0.29, 0.717) is 5.92 Å². The number of nitrogens with one attached hydrogen (secondary N) is 1. The zero-order valence-electron chi connectivity index (χ0n) is 12.7. The van der Waals surface area contributed by atoms with E-state index in [1.54, 1.807) is 26.6 Å². The highest BCUT2D eigenvalue weighted by atomic mass is 16.2. The fourth-order valence-corrected chi connectivity index (χ4v) is 2.55. The second-order valence-corrected chi connectivity index (χ2v) is 5.66. The van der Waals surface area contributed by atoms with Gasteiger partial charge in [0.05, 0.1) is 12.9 Å². The number of hydrogen-bond donors (Lipinski definition) is 1. The van der Waals surface area contributed by atoms with Gasteiger partial charge in [-0.15, -0.1) is 0 Å². The average Bonchev–Trinajstić information content (AvgIpc) is 2.97. The highest BCUT2D eigenvalue weighted by molar-refractivity contribution is 5.83. The number of carbonyl (C=O) groups excluding carboxylic acids is 2. The molecule has 0 spiro atoms. The van der Waals surface area contributed by atoms with Crippen LogP contribution in [0.2, 0.25) is 0 Å². The lowest BCUT2D eigenvalue weighted by Gasteiger charge is -2.33. The number of likely N-dealkylation sites (tertiary alicyclic amines) is 1. The van der Waals surface area contributed by atoms with E-state index in [2.05, 4.69) is 10.3 Å². The Labute approximate surface area is 124 Å². The quantitative estimate of drug-likeness (QED) is 0.873. The van der Waals surface area contributed by atoms with Crippen molar-refractivity contribution in [3.63, 3.8) is 0 Å². The van der Waals surface area contributed by atoms with Crippen LogP contribution >= 0.6 is 0 Å². The van der Waals surface area contributed by atoms with Crippen LogP contribution in [0.5, 0.6) is 0 Å². The molecule has 0 bridgehead atoms. The van der Waals surface area contributed by atoms with Crippen molar-refractivity contribution in [2.45, 2.75) is 19.4 Å². The molecule has 0 radical (unpaired) electrons. The molecule has 7 heteroatoms. The van der Waals surface area contributed by atoms with Crippen molar-refractivity contribution in [1.82, 2.24) is 24.7 Å². The van der Waals surface area contributed by atoms with Crippen LogP contribution in [0.3, 0.4) is 0 Å². The third-order valence-corrected chi connectivity index (χ3v) is 3.70. The van der Waals surface area contributed by atoms with Crippen LogP contribution in [0, 0.1) is 5.92 Å². The van der Waals surface area contributed by atoms with Gasteiger partial charge in [0.25, 0.3) is 0 Å². The van der Waals surface area contributed by atoms with Crippen LogP contribution in [0.4, 0.5) is 4.79 Å². The van der Waals surface area contributed by atoms with Gasteiger partial charge in [-0.1, -0.05) is 0 Å². The van der Waals surface area contributed by atoms with Crippen LogP contribution in [0.25, 0.3) is 0 Å². The van der Waals surface area contributed by atoms with Gasteiger partial charge in [0.15, 0.2) is 0 Å². The topological polar surface area (TPSA) is 70.5 Å². The summed E-state index contributed by atoms with van der Waals surface area (Å²) in [7, 11) is 3.31. The first kappa shape index (κ1) is 15.3. The van der Waals surface area contributed by atoms with Crippen molar-refractivity contribution in [3.8, 4) is 0 Å². The number of carbonyl (C=O) groups is 2. The Morgan fingerprint density at radius 2 is 2.24 bits per heavy atom. The molecule has 2 heterocycles. The van der Waals surface area contributed by atoms with E-state index >= 15 is 0 Å². The molecule has 1 N–H and O–H groups in total. The molecule has 1 saturated heterocycles. The molecule has 1 aromatic heterocycles. The van der Waals surface area contributed by atoms with E-state index in [0.717, 1.165) is 32.5 Å². The molecule has 3 amide bonds. The van der Waals surface area contributed by atoms with Gasteiger partial charge in [0.2, 0.25) is 5.91 Å². The first-order valence-electron chi connectivity index (χ1n) is 7.25. The lowest BCUT2D eigenvalue weighted by molar-refractivity contribution is -0.132. The SMILES string of the molecule is CN(C)C(=O)NCC(=O)N1CCC[C@@H](Cn2ccnc2)C1. The van der Waals surface area contributed by atoms with Crippen LogP contribution in [0.1, 0.15) is 12.8 Å². The Morgan fingerprint density at radius 3 is 2.90 bits per heavy atom. The summed E-state index contributed by atoms with van der Waals surface area (Å²) in [6.45, 7) is 2.47. The third kappa shape index (κ3) is 4.47. The number of imidazole rings is 1. The number of hydrogen-bond acceptors (Lipinski definition) is 3. The molecule has 1 atom stereocenters. The maximum absolute atomic E-state index is 12.1. The minimum absolute atomic E-state index is 0.0134. The van der Waals surface area contributed by atoms with Gasteiger partial charge in [0, 0.05) is 46.1 Å². The monoisotopic (exact) mass is 293 g/mol. The molecule has 2 rings (SSSR count). The molecular formula is C14H23N5O2. The molecule has 1 fully saturated rings. The molecule has 7 nitrogen and oxygen atoms in total. The molecule has 116 valence electrons. The maximum atomic E-state index is 12.1. The van der Waals surface area contributed by atoms with E-state index in [9.17, 15) is 9.59 Å². The predicted molar refractivity (Wildman–Crippen MR) is 78.6 cm³/mol. The summed E-state index contributed by atoms with van der Waals surface area (Å²) in [6, 6.07) is -0.240. The first-order chi connectivity index (χ1) is 10.1. The van der Waals surface area contributed by atoms with Crippen LogP contribution < -0.4 is 5.32 Å². The smallest absolute Gasteiger partial charge is 0.317 e. The Hall–Kier alpha value is -2.05.